The number of fused-ring (bicyclic) bond motifs is 2. The van der Waals surface area contributed by atoms with Gasteiger partial charge < -0.3 is 20.4 Å². The first-order chi connectivity index (χ1) is 14.6. The highest BCUT2D eigenvalue weighted by atomic mass is 35.5. The summed E-state index contributed by atoms with van der Waals surface area (Å²) in [6.07, 6.45) is 12.1. The van der Waals surface area contributed by atoms with Crippen LogP contribution in [0.2, 0.25) is 0 Å². The second kappa shape index (κ2) is 10.8. The fourth-order valence-electron chi connectivity index (χ4n) is 3.69. The Morgan fingerprint density at radius 1 is 1.39 bits per heavy atom. The zero-order valence-electron chi connectivity index (χ0n) is 18.6. The lowest BCUT2D eigenvalue weighted by molar-refractivity contribution is -0.117. The predicted molar refractivity (Wildman–Crippen MR) is 134 cm³/mol. The van der Waals surface area contributed by atoms with Crippen molar-refractivity contribution in [3.05, 3.63) is 84.0 Å². The summed E-state index contributed by atoms with van der Waals surface area (Å²) in [4.78, 5) is 16.7. The third-order valence-electron chi connectivity index (χ3n) is 5.32. The Morgan fingerprint density at radius 3 is 2.74 bits per heavy atom. The molecule has 31 heavy (non-hydrogen) atoms. The van der Waals surface area contributed by atoms with Gasteiger partial charge in [0, 0.05) is 36.3 Å². The maximum Gasteiger partial charge on any atom is 0.250 e. The van der Waals surface area contributed by atoms with E-state index >= 15 is 0 Å². The van der Waals surface area contributed by atoms with Crippen LogP contribution in [0.3, 0.4) is 0 Å². The number of rotatable bonds is 10. The molecule has 5 nitrogen and oxygen atoms in total. The molecule has 0 unspecified atom stereocenters. The standard InChI is InChI=1S/C24H33ClN4OS/c1-7-8-9-10-18(3)26-20(5)29-23(31)21(28-14-13-24(29,6)16-28)12-11-17(2)22(30)27-19(4)15-25/h7-12,19,26,31H,1-2,5,13-16H2,3-4,6H3,(H,27,30)/b9-8-,12-11-,18-10+/t19-,24-/m0/s1. The summed E-state index contributed by atoms with van der Waals surface area (Å²) >= 11 is 10.6. The molecule has 2 N–H and O–H groups in total. The van der Waals surface area contributed by atoms with Crippen LogP contribution in [-0.2, 0) is 4.79 Å². The minimum absolute atomic E-state index is 0.111. The van der Waals surface area contributed by atoms with E-state index in [1.54, 1.807) is 12.2 Å². The van der Waals surface area contributed by atoms with E-state index in [1.807, 2.05) is 38.2 Å². The summed E-state index contributed by atoms with van der Waals surface area (Å²) in [5.74, 6) is 0.875. The van der Waals surface area contributed by atoms with Crippen LogP contribution in [0.25, 0.3) is 0 Å². The molecule has 1 saturated heterocycles. The number of nitrogens with zero attached hydrogens (tertiary/aromatic N) is 2. The van der Waals surface area contributed by atoms with Crippen molar-refractivity contribution in [2.24, 2.45) is 0 Å². The Labute approximate surface area is 197 Å². The molecular formula is C24H33ClN4OS. The van der Waals surface area contributed by atoms with Gasteiger partial charge in [-0.15, -0.1) is 24.2 Å². The lowest BCUT2D eigenvalue weighted by Crippen LogP contribution is -2.51. The molecular weight excluding hydrogens is 428 g/mol. The van der Waals surface area contributed by atoms with Crippen molar-refractivity contribution in [1.82, 2.24) is 20.4 Å². The number of hydrogen-bond acceptors (Lipinski definition) is 5. The predicted octanol–water partition coefficient (Wildman–Crippen LogP) is 4.43. The van der Waals surface area contributed by atoms with E-state index in [-0.39, 0.29) is 17.5 Å². The first-order valence-electron chi connectivity index (χ1n) is 10.3. The maximum absolute atomic E-state index is 12.3. The van der Waals surface area contributed by atoms with E-state index in [4.69, 9.17) is 24.2 Å². The topological polar surface area (TPSA) is 47.6 Å². The van der Waals surface area contributed by atoms with Crippen LogP contribution < -0.4 is 10.6 Å². The highest BCUT2D eigenvalue weighted by Gasteiger charge is 2.46. The molecule has 2 heterocycles. The minimum Gasteiger partial charge on any atom is -0.367 e. The number of amides is 1. The molecule has 2 aliphatic rings. The molecule has 0 aromatic heterocycles. The monoisotopic (exact) mass is 460 g/mol. The molecule has 2 aliphatic heterocycles. The van der Waals surface area contributed by atoms with Crippen LogP contribution in [0.5, 0.6) is 0 Å². The van der Waals surface area contributed by atoms with Gasteiger partial charge in [0.15, 0.2) is 0 Å². The average molecular weight is 461 g/mol. The SMILES string of the molecule is C=C/C=C\C=C(/C)NC(=C)N1C(S)=C(/C=C\C(=C)C(=O)N[C@@H](C)CCl)N2CC[C@@]1(C)C2. The molecule has 168 valence electrons. The zero-order chi connectivity index (χ0) is 23.2. The molecule has 0 spiro atoms. The molecule has 0 radical (unpaired) electrons. The molecule has 0 aliphatic carbocycles. The highest BCUT2D eigenvalue weighted by molar-refractivity contribution is 7.84. The van der Waals surface area contributed by atoms with E-state index in [9.17, 15) is 4.79 Å². The third kappa shape index (κ3) is 6.11. The van der Waals surface area contributed by atoms with Gasteiger partial charge >= 0.3 is 0 Å². The molecule has 0 aromatic carbocycles. The van der Waals surface area contributed by atoms with Gasteiger partial charge in [0.2, 0.25) is 0 Å². The van der Waals surface area contributed by atoms with Gasteiger partial charge in [-0.05, 0) is 45.4 Å². The van der Waals surface area contributed by atoms with Gasteiger partial charge in [-0.2, -0.15) is 0 Å². The Hall–Kier alpha value is -2.31. The van der Waals surface area contributed by atoms with Crippen LogP contribution in [0, 0.1) is 0 Å². The summed E-state index contributed by atoms with van der Waals surface area (Å²) < 4.78 is 0. The first kappa shape index (κ1) is 25.0. The van der Waals surface area contributed by atoms with Crippen LogP contribution >= 0.6 is 24.2 Å². The van der Waals surface area contributed by atoms with Gasteiger partial charge in [-0.25, -0.2) is 0 Å². The van der Waals surface area contributed by atoms with E-state index in [0.29, 0.717) is 11.5 Å². The summed E-state index contributed by atoms with van der Waals surface area (Å²) in [6.45, 7) is 19.6. The van der Waals surface area contributed by atoms with Crippen molar-refractivity contribution in [3.63, 3.8) is 0 Å². The van der Waals surface area contributed by atoms with Crippen LogP contribution in [0.15, 0.2) is 84.0 Å². The van der Waals surface area contributed by atoms with Crippen molar-refractivity contribution < 1.29 is 4.79 Å². The van der Waals surface area contributed by atoms with Crippen molar-refractivity contribution in [3.8, 4) is 0 Å². The van der Waals surface area contributed by atoms with E-state index in [0.717, 1.165) is 41.8 Å². The van der Waals surface area contributed by atoms with Gasteiger partial charge in [0.1, 0.15) is 5.82 Å². The molecule has 2 atom stereocenters. The van der Waals surface area contributed by atoms with E-state index < -0.39 is 0 Å². The number of allylic oxidation sites excluding steroid dienone is 6. The van der Waals surface area contributed by atoms with Crippen LogP contribution in [-0.4, -0.2) is 46.3 Å². The quantitative estimate of drug-likeness (QED) is 0.195. The fourth-order valence-corrected chi connectivity index (χ4v) is 4.35. The van der Waals surface area contributed by atoms with Gasteiger partial charge in [-0.3, -0.25) is 4.79 Å². The van der Waals surface area contributed by atoms with Gasteiger partial charge in [-0.1, -0.05) is 38.0 Å². The summed E-state index contributed by atoms with van der Waals surface area (Å²) in [5.41, 5.74) is 2.16. The largest absolute Gasteiger partial charge is 0.367 e. The van der Waals surface area contributed by atoms with Gasteiger partial charge in [0.25, 0.3) is 5.91 Å². The number of halogens is 1. The van der Waals surface area contributed by atoms with Crippen molar-refractivity contribution in [1.29, 1.82) is 0 Å². The Morgan fingerprint density at radius 2 is 2.10 bits per heavy atom. The molecule has 2 rings (SSSR count). The number of alkyl halides is 1. The number of carbonyl (C=O) groups excluding carboxylic acids is 1. The van der Waals surface area contributed by atoms with Crippen LogP contribution in [0.4, 0.5) is 0 Å². The fraction of sp³-hybridized carbons (Fsp3) is 0.375. The average Bonchev–Trinajstić information content (AvgIpc) is 3.05. The molecule has 1 fully saturated rings. The summed E-state index contributed by atoms with van der Waals surface area (Å²) in [7, 11) is 0. The van der Waals surface area contributed by atoms with Crippen LogP contribution in [0.1, 0.15) is 27.2 Å². The smallest absolute Gasteiger partial charge is 0.250 e. The first-order valence-corrected chi connectivity index (χ1v) is 11.2. The van der Waals surface area contributed by atoms with Crippen molar-refractivity contribution >= 4 is 30.1 Å². The lowest BCUT2D eigenvalue weighted by Gasteiger charge is -2.45. The second-order valence-corrected chi connectivity index (χ2v) is 8.87. The van der Waals surface area contributed by atoms with Gasteiger partial charge in [0.05, 0.1) is 16.3 Å². The van der Waals surface area contributed by atoms with Crippen molar-refractivity contribution in [2.75, 3.05) is 19.0 Å². The lowest BCUT2D eigenvalue weighted by atomic mass is 9.98. The highest BCUT2D eigenvalue weighted by Crippen LogP contribution is 2.42. The number of thiol groups is 1. The Kier molecular flexibility index (Phi) is 8.71. The van der Waals surface area contributed by atoms with E-state index in [1.165, 1.54) is 0 Å². The maximum atomic E-state index is 12.3. The normalized spacial score (nSPS) is 22.3. The Balaban J connectivity index is 2.24. The summed E-state index contributed by atoms with van der Waals surface area (Å²) in [5, 5.41) is 6.97. The number of hydrogen-bond donors (Lipinski definition) is 3. The molecule has 0 saturated carbocycles. The second-order valence-electron chi connectivity index (χ2n) is 8.14. The van der Waals surface area contributed by atoms with Crippen molar-refractivity contribution in [2.45, 2.75) is 38.8 Å². The van der Waals surface area contributed by atoms with E-state index in [2.05, 4.69) is 47.1 Å². The Bertz CT molecular complexity index is 873. The molecule has 7 heteroatoms. The molecule has 2 bridgehead atoms. The summed E-state index contributed by atoms with van der Waals surface area (Å²) in [6, 6.07) is -0.115. The molecule has 1 amide bonds. The number of carbonyl (C=O) groups is 1. The molecule has 0 aromatic rings. The third-order valence-corrected chi connectivity index (χ3v) is 6.21. The zero-order valence-corrected chi connectivity index (χ0v) is 20.3. The number of nitrogens with one attached hydrogen (secondary N) is 2. The minimum atomic E-state index is -0.232.